The van der Waals surface area contributed by atoms with Gasteiger partial charge in [-0.3, -0.25) is 9.78 Å². The van der Waals surface area contributed by atoms with Crippen LogP contribution in [0.25, 0.3) is 0 Å². The molecule has 2 rings (SSSR count). The summed E-state index contributed by atoms with van der Waals surface area (Å²) in [4.78, 5) is 16.4. The second-order valence-electron chi connectivity index (χ2n) is 4.83. The van der Waals surface area contributed by atoms with Crippen LogP contribution in [0, 0.1) is 0 Å². The van der Waals surface area contributed by atoms with E-state index in [0.29, 0.717) is 11.3 Å². The first-order chi connectivity index (χ1) is 9.58. The fourth-order valence-electron chi connectivity index (χ4n) is 1.88. The van der Waals surface area contributed by atoms with Gasteiger partial charge in [-0.2, -0.15) is 0 Å². The first kappa shape index (κ1) is 14.2. The summed E-state index contributed by atoms with van der Waals surface area (Å²) in [7, 11) is 0. The van der Waals surface area contributed by atoms with Crippen molar-refractivity contribution in [3.05, 3.63) is 59.9 Å². The fraction of sp³-hybridized carbons (Fsp3) is 0.250. The predicted molar refractivity (Wildman–Crippen MR) is 77.7 cm³/mol. The van der Waals surface area contributed by atoms with Crippen molar-refractivity contribution in [1.29, 1.82) is 0 Å². The highest BCUT2D eigenvalue weighted by Gasteiger charge is 2.18. The van der Waals surface area contributed by atoms with Crippen molar-refractivity contribution in [1.82, 2.24) is 4.98 Å². The molecule has 4 heteroatoms. The van der Waals surface area contributed by atoms with Crippen molar-refractivity contribution in [2.45, 2.75) is 26.0 Å². The van der Waals surface area contributed by atoms with Gasteiger partial charge in [0.2, 0.25) is 0 Å². The van der Waals surface area contributed by atoms with Crippen molar-refractivity contribution < 1.29 is 9.53 Å². The molecule has 0 saturated heterocycles. The third kappa shape index (κ3) is 3.42. The number of nitrogens with two attached hydrogens (primary N) is 1. The van der Waals surface area contributed by atoms with Gasteiger partial charge in [0, 0.05) is 11.8 Å². The molecule has 2 aromatic rings. The standard InChI is InChI=1S/C16H18N2O2/c1-11(2)20-14-8-13(9-18-10-14)16(19)15(17)12-6-4-3-5-7-12/h3-11,15H,17H2,1-2H3. The second kappa shape index (κ2) is 6.30. The number of carbonyl (C=O) groups excluding carboxylic acids is 1. The zero-order chi connectivity index (χ0) is 14.5. The third-order valence-electron chi connectivity index (χ3n) is 2.81. The molecule has 0 aliphatic heterocycles. The minimum absolute atomic E-state index is 0.0324. The maximum atomic E-state index is 12.4. The Morgan fingerprint density at radius 1 is 1.20 bits per heavy atom. The lowest BCUT2D eigenvalue weighted by molar-refractivity contribution is 0.0960. The van der Waals surface area contributed by atoms with Crippen LogP contribution < -0.4 is 10.5 Å². The van der Waals surface area contributed by atoms with Gasteiger partial charge in [0.15, 0.2) is 5.78 Å². The van der Waals surface area contributed by atoms with Gasteiger partial charge < -0.3 is 10.5 Å². The number of hydrogen-bond acceptors (Lipinski definition) is 4. The molecular formula is C16H18N2O2. The average molecular weight is 270 g/mol. The lowest BCUT2D eigenvalue weighted by atomic mass is 9.99. The van der Waals surface area contributed by atoms with Gasteiger partial charge in [-0.25, -0.2) is 0 Å². The molecule has 0 spiro atoms. The molecule has 1 atom stereocenters. The van der Waals surface area contributed by atoms with Crippen molar-refractivity contribution in [2.24, 2.45) is 5.73 Å². The van der Waals surface area contributed by atoms with E-state index in [1.807, 2.05) is 44.2 Å². The second-order valence-corrected chi connectivity index (χ2v) is 4.83. The van der Waals surface area contributed by atoms with Gasteiger partial charge in [-0.15, -0.1) is 0 Å². The van der Waals surface area contributed by atoms with Crippen LogP contribution in [0.3, 0.4) is 0 Å². The van der Waals surface area contributed by atoms with E-state index in [0.717, 1.165) is 5.56 Å². The molecule has 1 unspecified atom stereocenters. The maximum Gasteiger partial charge on any atom is 0.185 e. The third-order valence-corrected chi connectivity index (χ3v) is 2.81. The highest BCUT2D eigenvalue weighted by Crippen LogP contribution is 2.19. The Bertz CT molecular complexity index is 582. The van der Waals surface area contributed by atoms with Crippen LogP contribution in [0.4, 0.5) is 0 Å². The highest BCUT2D eigenvalue weighted by molar-refractivity contribution is 6.00. The number of hydrogen-bond donors (Lipinski definition) is 1. The number of ketones is 1. The summed E-state index contributed by atoms with van der Waals surface area (Å²) in [5.41, 5.74) is 7.25. The van der Waals surface area contributed by atoms with E-state index in [4.69, 9.17) is 10.5 Å². The predicted octanol–water partition coefficient (Wildman–Crippen LogP) is 2.75. The number of Topliss-reactive ketones (excluding diaryl/α,β-unsaturated/α-hetero) is 1. The van der Waals surface area contributed by atoms with Crippen molar-refractivity contribution in [3.63, 3.8) is 0 Å². The summed E-state index contributed by atoms with van der Waals surface area (Å²) in [6.45, 7) is 3.84. The van der Waals surface area contributed by atoms with Crippen LogP contribution in [-0.2, 0) is 0 Å². The topological polar surface area (TPSA) is 65.2 Å². The molecular weight excluding hydrogens is 252 g/mol. The number of carbonyl (C=O) groups is 1. The Balaban J connectivity index is 2.21. The monoisotopic (exact) mass is 270 g/mol. The quantitative estimate of drug-likeness (QED) is 0.848. The van der Waals surface area contributed by atoms with Crippen molar-refractivity contribution >= 4 is 5.78 Å². The zero-order valence-electron chi connectivity index (χ0n) is 11.6. The molecule has 4 nitrogen and oxygen atoms in total. The summed E-state index contributed by atoms with van der Waals surface area (Å²) >= 11 is 0. The molecule has 1 heterocycles. The minimum atomic E-state index is -0.688. The Morgan fingerprint density at radius 2 is 1.90 bits per heavy atom. The molecule has 0 saturated carbocycles. The van der Waals surface area contributed by atoms with Crippen molar-refractivity contribution in [2.75, 3.05) is 0 Å². The average Bonchev–Trinajstić information content (AvgIpc) is 2.46. The van der Waals surface area contributed by atoms with E-state index in [-0.39, 0.29) is 11.9 Å². The smallest absolute Gasteiger partial charge is 0.185 e. The van der Waals surface area contributed by atoms with Crippen LogP contribution in [0.5, 0.6) is 5.75 Å². The Morgan fingerprint density at radius 3 is 2.55 bits per heavy atom. The Kier molecular flexibility index (Phi) is 4.48. The maximum absolute atomic E-state index is 12.4. The molecule has 1 aromatic carbocycles. The van der Waals surface area contributed by atoms with E-state index < -0.39 is 6.04 Å². The highest BCUT2D eigenvalue weighted by atomic mass is 16.5. The van der Waals surface area contributed by atoms with Gasteiger partial charge >= 0.3 is 0 Å². The first-order valence-electron chi connectivity index (χ1n) is 6.54. The molecule has 0 radical (unpaired) electrons. The van der Waals surface area contributed by atoms with Gasteiger partial charge in [-0.1, -0.05) is 30.3 Å². The van der Waals surface area contributed by atoms with Gasteiger partial charge in [0.1, 0.15) is 5.75 Å². The number of nitrogens with zero attached hydrogens (tertiary/aromatic N) is 1. The van der Waals surface area contributed by atoms with Crippen LogP contribution in [0.15, 0.2) is 48.8 Å². The number of rotatable bonds is 5. The summed E-state index contributed by atoms with van der Waals surface area (Å²) < 4.78 is 5.53. The molecule has 0 bridgehead atoms. The SMILES string of the molecule is CC(C)Oc1cncc(C(=O)C(N)c2ccccc2)c1. The van der Waals surface area contributed by atoms with E-state index in [9.17, 15) is 4.79 Å². The van der Waals surface area contributed by atoms with Gasteiger partial charge in [-0.05, 0) is 25.5 Å². The lowest BCUT2D eigenvalue weighted by Gasteiger charge is -2.13. The largest absolute Gasteiger partial charge is 0.489 e. The first-order valence-corrected chi connectivity index (χ1v) is 6.54. The fourth-order valence-corrected chi connectivity index (χ4v) is 1.88. The van der Waals surface area contributed by atoms with Crippen LogP contribution in [0.1, 0.15) is 35.8 Å². The molecule has 0 aliphatic rings. The summed E-state index contributed by atoms with van der Waals surface area (Å²) in [5.74, 6) is 0.406. The number of benzene rings is 1. The molecule has 0 fully saturated rings. The molecule has 104 valence electrons. The number of pyridine rings is 1. The van der Waals surface area contributed by atoms with Gasteiger partial charge in [0.05, 0.1) is 18.3 Å². The summed E-state index contributed by atoms with van der Waals surface area (Å²) in [5, 5.41) is 0. The number of ether oxygens (including phenoxy) is 1. The molecule has 0 amide bonds. The van der Waals surface area contributed by atoms with Gasteiger partial charge in [0.25, 0.3) is 0 Å². The van der Waals surface area contributed by atoms with E-state index in [1.165, 1.54) is 6.20 Å². The summed E-state index contributed by atoms with van der Waals surface area (Å²) in [6.07, 6.45) is 3.13. The minimum Gasteiger partial charge on any atom is -0.489 e. The van der Waals surface area contributed by atoms with Crippen LogP contribution in [-0.4, -0.2) is 16.9 Å². The lowest BCUT2D eigenvalue weighted by Crippen LogP contribution is -2.21. The van der Waals surface area contributed by atoms with E-state index in [2.05, 4.69) is 4.98 Å². The van der Waals surface area contributed by atoms with Crippen LogP contribution in [0.2, 0.25) is 0 Å². The summed E-state index contributed by atoms with van der Waals surface area (Å²) in [6, 6.07) is 10.3. The van der Waals surface area contributed by atoms with Crippen molar-refractivity contribution in [3.8, 4) is 5.75 Å². The molecule has 0 aliphatic carbocycles. The van der Waals surface area contributed by atoms with E-state index >= 15 is 0 Å². The Labute approximate surface area is 118 Å². The molecule has 20 heavy (non-hydrogen) atoms. The Hall–Kier alpha value is -2.20. The zero-order valence-corrected chi connectivity index (χ0v) is 11.6. The van der Waals surface area contributed by atoms with Crippen LogP contribution >= 0.6 is 0 Å². The molecule has 2 N–H and O–H groups in total. The number of aromatic nitrogens is 1. The normalized spacial score (nSPS) is 12.2. The van der Waals surface area contributed by atoms with E-state index in [1.54, 1.807) is 12.3 Å². The molecule has 1 aromatic heterocycles.